The average Bonchev–Trinajstić information content (AvgIpc) is 3.06. The summed E-state index contributed by atoms with van der Waals surface area (Å²) in [4.78, 5) is 32.9. The van der Waals surface area contributed by atoms with Crippen LogP contribution in [0.25, 0.3) is 5.76 Å². The molecule has 1 amide bonds. The molecule has 1 unspecified atom stereocenters. The molecule has 0 bridgehead atoms. The van der Waals surface area contributed by atoms with Crippen LogP contribution < -0.4 is 9.80 Å². The maximum absolute atomic E-state index is 14.0. The van der Waals surface area contributed by atoms with Gasteiger partial charge in [-0.3, -0.25) is 19.5 Å². The Hall–Kier alpha value is -4.07. The molecule has 0 aliphatic carbocycles. The fraction of sp³-hybridized carbons (Fsp3) is 0.125. The van der Waals surface area contributed by atoms with E-state index in [2.05, 4.69) is 4.98 Å². The zero-order valence-electron chi connectivity index (χ0n) is 17.3. The summed E-state index contributed by atoms with van der Waals surface area (Å²) in [7, 11) is 3.73. The Balaban J connectivity index is 1.93. The molecule has 3 aromatic rings. The fourth-order valence-electron chi connectivity index (χ4n) is 3.67. The van der Waals surface area contributed by atoms with Gasteiger partial charge >= 0.3 is 0 Å². The van der Waals surface area contributed by atoms with Gasteiger partial charge in [0.25, 0.3) is 11.7 Å². The number of benzene rings is 2. The van der Waals surface area contributed by atoms with Gasteiger partial charge in [-0.2, -0.15) is 0 Å². The number of Topliss-reactive ketones (excluding diaryl/α,β-unsaturated/α-hetero) is 1. The van der Waals surface area contributed by atoms with E-state index in [9.17, 15) is 23.5 Å². The van der Waals surface area contributed by atoms with Crippen molar-refractivity contribution in [3.8, 4) is 0 Å². The summed E-state index contributed by atoms with van der Waals surface area (Å²) >= 11 is 0. The third-order valence-corrected chi connectivity index (χ3v) is 5.30. The van der Waals surface area contributed by atoms with Crippen molar-refractivity contribution in [3.63, 3.8) is 0 Å². The second-order valence-electron chi connectivity index (χ2n) is 7.49. The molecule has 32 heavy (non-hydrogen) atoms. The summed E-state index contributed by atoms with van der Waals surface area (Å²) in [6, 6.07) is 12.0. The van der Waals surface area contributed by atoms with Gasteiger partial charge in [0.2, 0.25) is 0 Å². The number of pyridine rings is 1. The number of nitrogens with zero attached hydrogens (tertiary/aromatic N) is 3. The van der Waals surface area contributed by atoms with Gasteiger partial charge in [-0.15, -0.1) is 0 Å². The second-order valence-corrected chi connectivity index (χ2v) is 7.49. The van der Waals surface area contributed by atoms with Crippen molar-refractivity contribution in [2.24, 2.45) is 0 Å². The smallest absolute Gasteiger partial charge is 0.300 e. The number of amides is 1. The van der Waals surface area contributed by atoms with E-state index < -0.39 is 29.4 Å². The number of rotatable bonds is 4. The van der Waals surface area contributed by atoms with E-state index in [4.69, 9.17) is 0 Å². The van der Waals surface area contributed by atoms with Crippen molar-refractivity contribution in [2.75, 3.05) is 23.9 Å². The van der Waals surface area contributed by atoms with Gasteiger partial charge in [0.05, 0.1) is 11.6 Å². The summed E-state index contributed by atoms with van der Waals surface area (Å²) in [5.74, 6) is -4.48. The highest BCUT2D eigenvalue weighted by Gasteiger charge is 2.47. The highest BCUT2D eigenvalue weighted by Crippen LogP contribution is 2.42. The van der Waals surface area contributed by atoms with Crippen molar-refractivity contribution < 1.29 is 23.5 Å². The van der Waals surface area contributed by atoms with Crippen molar-refractivity contribution in [1.82, 2.24) is 4.98 Å². The molecule has 2 heterocycles. The summed E-state index contributed by atoms with van der Waals surface area (Å²) < 4.78 is 27.5. The third-order valence-electron chi connectivity index (χ3n) is 5.30. The van der Waals surface area contributed by atoms with E-state index in [1.54, 1.807) is 24.3 Å². The summed E-state index contributed by atoms with van der Waals surface area (Å²) in [5, 5.41) is 11.0. The van der Waals surface area contributed by atoms with E-state index in [0.29, 0.717) is 11.1 Å². The number of aromatic nitrogens is 1. The van der Waals surface area contributed by atoms with Crippen LogP contribution in [-0.2, 0) is 9.59 Å². The van der Waals surface area contributed by atoms with Crippen molar-refractivity contribution in [3.05, 3.63) is 95.3 Å². The Morgan fingerprint density at radius 1 is 0.969 bits per heavy atom. The highest BCUT2D eigenvalue weighted by molar-refractivity contribution is 6.51. The second kappa shape index (κ2) is 8.22. The van der Waals surface area contributed by atoms with Crippen LogP contribution >= 0.6 is 0 Å². The van der Waals surface area contributed by atoms with Crippen molar-refractivity contribution >= 4 is 28.8 Å². The van der Waals surface area contributed by atoms with E-state index >= 15 is 0 Å². The van der Waals surface area contributed by atoms with E-state index in [1.807, 2.05) is 19.0 Å². The molecular formula is C24H19F2N3O3. The number of carbonyl (C=O) groups is 2. The van der Waals surface area contributed by atoms with Gasteiger partial charge in [-0.25, -0.2) is 8.78 Å². The first-order chi connectivity index (χ1) is 15.3. The molecule has 0 radical (unpaired) electrons. The summed E-state index contributed by atoms with van der Waals surface area (Å²) in [5.41, 5.74) is 1.56. The van der Waals surface area contributed by atoms with Crippen LogP contribution in [0.15, 0.2) is 72.6 Å². The minimum absolute atomic E-state index is 0.00136. The first kappa shape index (κ1) is 21.2. The number of aliphatic hydroxyl groups is 1. The van der Waals surface area contributed by atoms with Crippen LogP contribution in [0.5, 0.6) is 0 Å². The lowest BCUT2D eigenvalue weighted by Gasteiger charge is -2.26. The highest BCUT2D eigenvalue weighted by atomic mass is 19.2. The Labute approximate surface area is 183 Å². The normalized spacial score (nSPS) is 17.6. The zero-order chi connectivity index (χ0) is 23.0. The molecule has 1 aliphatic rings. The molecular weight excluding hydrogens is 416 g/mol. The van der Waals surface area contributed by atoms with Gasteiger partial charge in [0.15, 0.2) is 11.6 Å². The Morgan fingerprint density at radius 3 is 2.22 bits per heavy atom. The standard InChI is InChI=1S/C24H19F2N3O3/c1-28(2)16-5-3-14(4-6-16)21-20(22(30)15-9-11-27-12-10-15)23(31)24(32)29(21)17-7-8-18(25)19(26)13-17/h3-13,21,30H,1-2H3/b22-20+. The fourth-order valence-corrected chi connectivity index (χ4v) is 3.67. The van der Waals surface area contributed by atoms with E-state index in [1.165, 1.54) is 30.6 Å². The molecule has 1 fully saturated rings. The van der Waals surface area contributed by atoms with Crippen molar-refractivity contribution in [1.29, 1.82) is 0 Å². The molecule has 6 nitrogen and oxygen atoms in total. The number of anilines is 2. The number of halogens is 2. The SMILES string of the molecule is CN(C)c1ccc(C2/C(=C(\O)c3ccncc3)C(=O)C(=O)N2c2ccc(F)c(F)c2)cc1. The zero-order valence-corrected chi connectivity index (χ0v) is 17.3. The minimum atomic E-state index is -1.15. The minimum Gasteiger partial charge on any atom is -0.507 e. The molecule has 1 N–H and O–H groups in total. The van der Waals surface area contributed by atoms with Gasteiger partial charge in [-0.05, 0) is 42.0 Å². The largest absolute Gasteiger partial charge is 0.507 e. The van der Waals surface area contributed by atoms with Crippen LogP contribution in [0, 0.1) is 11.6 Å². The maximum Gasteiger partial charge on any atom is 0.300 e. The van der Waals surface area contributed by atoms with Crippen LogP contribution in [0.3, 0.4) is 0 Å². The lowest BCUT2D eigenvalue weighted by molar-refractivity contribution is -0.132. The number of ketones is 1. The van der Waals surface area contributed by atoms with E-state index in [-0.39, 0.29) is 17.0 Å². The van der Waals surface area contributed by atoms with Crippen LogP contribution in [0.2, 0.25) is 0 Å². The monoisotopic (exact) mass is 435 g/mol. The molecule has 1 aromatic heterocycles. The molecule has 1 saturated heterocycles. The quantitative estimate of drug-likeness (QED) is 0.380. The van der Waals surface area contributed by atoms with Crippen molar-refractivity contribution in [2.45, 2.75) is 6.04 Å². The third kappa shape index (κ3) is 3.60. The van der Waals surface area contributed by atoms with Crippen LogP contribution in [0.4, 0.5) is 20.2 Å². The van der Waals surface area contributed by atoms with Gasteiger partial charge in [0, 0.05) is 49.5 Å². The molecule has 2 aromatic carbocycles. The van der Waals surface area contributed by atoms with Gasteiger partial charge in [0.1, 0.15) is 5.76 Å². The lowest BCUT2D eigenvalue weighted by atomic mass is 9.95. The summed E-state index contributed by atoms with van der Waals surface area (Å²) in [6.45, 7) is 0. The Bertz CT molecular complexity index is 1220. The molecule has 4 rings (SSSR count). The molecule has 162 valence electrons. The number of hydrogen-bond donors (Lipinski definition) is 1. The van der Waals surface area contributed by atoms with E-state index in [0.717, 1.165) is 22.7 Å². The molecule has 1 atom stereocenters. The summed E-state index contributed by atoms with van der Waals surface area (Å²) in [6.07, 6.45) is 2.89. The first-order valence-electron chi connectivity index (χ1n) is 9.73. The lowest BCUT2D eigenvalue weighted by Crippen LogP contribution is -2.29. The number of aliphatic hydroxyl groups excluding tert-OH is 1. The maximum atomic E-state index is 14.0. The van der Waals surface area contributed by atoms with Crippen LogP contribution in [-0.4, -0.2) is 35.9 Å². The first-order valence-corrected chi connectivity index (χ1v) is 9.73. The topological polar surface area (TPSA) is 73.7 Å². The molecule has 8 heteroatoms. The predicted octanol–water partition coefficient (Wildman–Crippen LogP) is 4.05. The Kier molecular flexibility index (Phi) is 5.44. The predicted molar refractivity (Wildman–Crippen MR) is 116 cm³/mol. The van der Waals surface area contributed by atoms with Crippen LogP contribution in [0.1, 0.15) is 17.2 Å². The number of hydrogen-bond acceptors (Lipinski definition) is 5. The molecule has 0 spiro atoms. The average molecular weight is 435 g/mol. The van der Waals surface area contributed by atoms with Gasteiger partial charge in [-0.1, -0.05) is 12.1 Å². The molecule has 0 saturated carbocycles. The number of carbonyl (C=O) groups excluding carboxylic acids is 2. The molecule has 1 aliphatic heterocycles. The Morgan fingerprint density at radius 2 is 1.62 bits per heavy atom. The van der Waals surface area contributed by atoms with Gasteiger partial charge < -0.3 is 10.0 Å².